The lowest BCUT2D eigenvalue weighted by Crippen LogP contribution is -2.06. The fraction of sp³-hybridized carbons (Fsp3) is 0.438. The Morgan fingerprint density at radius 2 is 1.84 bits per heavy atom. The van der Waals surface area contributed by atoms with Gasteiger partial charge < -0.3 is 9.47 Å². The van der Waals surface area contributed by atoms with Crippen LogP contribution in [0, 0.1) is 0 Å². The zero-order valence-corrected chi connectivity index (χ0v) is 11.6. The number of ether oxygens (including phenoxy) is 2. The predicted octanol–water partition coefficient (Wildman–Crippen LogP) is 4.13. The van der Waals surface area contributed by atoms with Crippen LogP contribution >= 0.6 is 0 Å². The van der Waals surface area contributed by atoms with Crippen LogP contribution in [0.3, 0.4) is 0 Å². The van der Waals surface area contributed by atoms with Crippen LogP contribution in [-0.4, -0.2) is 12.6 Å². The third-order valence-electron chi connectivity index (χ3n) is 2.73. The Labute approximate surface area is 115 Å². The molecule has 0 radical (unpaired) electrons. The molecule has 0 aliphatic rings. The Balaban J connectivity index is 2.40. The van der Waals surface area contributed by atoms with Crippen LogP contribution in [0.15, 0.2) is 36.9 Å². The predicted molar refractivity (Wildman–Crippen MR) is 76.5 cm³/mol. The molecule has 1 rings (SSSR count). The second kappa shape index (κ2) is 9.20. The number of rotatable bonds is 9. The van der Waals surface area contributed by atoms with Gasteiger partial charge in [-0.3, -0.25) is 0 Å². The number of carbonyl (C=O) groups is 1. The summed E-state index contributed by atoms with van der Waals surface area (Å²) in [5.74, 6) is 0.577. The number of hydrogen-bond acceptors (Lipinski definition) is 3. The van der Waals surface area contributed by atoms with Crippen LogP contribution in [0.1, 0.15) is 39.0 Å². The lowest BCUT2D eigenvalue weighted by Gasteiger charge is -2.10. The van der Waals surface area contributed by atoms with Gasteiger partial charge in [0.15, 0.2) is 11.5 Å². The van der Waals surface area contributed by atoms with Gasteiger partial charge in [-0.25, -0.2) is 4.79 Å². The second-order valence-electron chi connectivity index (χ2n) is 4.33. The monoisotopic (exact) mass is 262 g/mol. The number of hydrogen-bond donors (Lipinski definition) is 0. The molecule has 0 saturated carbocycles. The summed E-state index contributed by atoms with van der Waals surface area (Å²) >= 11 is 0. The molecule has 0 heterocycles. The molecule has 0 aliphatic carbocycles. The quantitative estimate of drug-likeness (QED) is 0.290. The van der Waals surface area contributed by atoms with Crippen LogP contribution < -0.4 is 9.47 Å². The molecule has 0 atom stereocenters. The van der Waals surface area contributed by atoms with Crippen molar-refractivity contribution in [1.29, 1.82) is 0 Å². The van der Waals surface area contributed by atoms with E-state index >= 15 is 0 Å². The smallest absolute Gasteiger partial charge is 0.335 e. The maximum Gasteiger partial charge on any atom is 0.335 e. The molecule has 0 saturated heterocycles. The van der Waals surface area contributed by atoms with Crippen molar-refractivity contribution in [2.45, 2.75) is 39.0 Å². The van der Waals surface area contributed by atoms with Gasteiger partial charge in [-0.05, 0) is 18.6 Å². The van der Waals surface area contributed by atoms with Crippen LogP contribution in [-0.2, 0) is 4.79 Å². The van der Waals surface area contributed by atoms with Gasteiger partial charge in [-0.15, -0.1) is 0 Å². The summed E-state index contributed by atoms with van der Waals surface area (Å²) in [4.78, 5) is 11.2. The Kier molecular flexibility index (Phi) is 7.40. The number of para-hydroxylation sites is 2. The average Bonchev–Trinajstić information content (AvgIpc) is 2.44. The molecule has 3 heteroatoms. The fourth-order valence-corrected chi connectivity index (χ4v) is 1.69. The van der Waals surface area contributed by atoms with Gasteiger partial charge >= 0.3 is 5.97 Å². The van der Waals surface area contributed by atoms with Gasteiger partial charge in [0.2, 0.25) is 0 Å². The normalized spacial score (nSPS) is 9.95. The van der Waals surface area contributed by atoms with Gasteiger partial charge in [0.25, 0.3) is 0 Å². The molecule has 0 bridgehead atoms. The number of carbonyl (C=O) groups excluding carboxylic acids is 1. The number of benzene rings is 1. The lowest BCUT2D eigenvalue weighted by molar-refractivity contribution is -0.129. The second-order valence-corrected chi connectivity index (χ2v) is 4.33. The highest BCUT2D eigenvalue weighted by Crippen LogP contribution is 2.26. The van der Waals surface area contributed by atoms with Gasteiger partial charge in [0.05, 0.1) is 6.61 Å². The highest BCUT2D eigenvalue weighted by atomic mass is 16.6. The average molecular weight is 262 g/mol. The number of esters is 1. The van der Waals surface area contributed by atoms with Gasteiger partial charge in [0.1, 0.15) is 0 Å². The van der Waals surface area contributed by atoms with E-state index in [0.717, 1.165) is 12.5 Å². The van der Waals surface area contributed by atoms with E-state index in [0.29, 0.717) is 18.1 Å². The topological polar surface area (TPSA) is 35.5 Å². The van der Waals surface area contributed by atoms with E-state index in [1.165, 1.54) is 25.7 Å². The van der Waals surface area contributed by atoms with Crippen molar-refractivity contribution >= 4 is 5.97 Å². The fourth-order valence-electron chi connectivity index (χ4n) is 1.69. The molecular weight excluding hydrogens is 240 g/mol. The summed E-state index contributed by atoms with van der Waals surface area (Å²) in [5.41, 5.74) is 0. The minimum absolute atomic E-state index is 0.445. The van der Waals surface area contributed by atoms with E-state index in [-0.39, 0.29) is 0 Å². The van der Waals surface area contributed by atoms with Crippen LogP contribution in [0.5, 0.6) is 11.5 Å². The highest BCUT2D eigenvalue weighted by molar-refractivity contribution is 5.83. The summed E-state index contributed by atoms with van der Waals surface area (Å²) in [6, 6.07) is 7.18. The molecule has 0 aromatic heterocycles. The first-order chi connectivity index (χ1) is 9.27. The molecule has 19 heavy (non-hydrogen) atoms. The summed E-state index contributed by atoms with van der Waals surface area (Å²) in [6.45, 7) is 6.22. The minimum atomic E-state index is -0.473. The van der Waals surface area contributed by atoms with Crippen LogP contribution in [0.25, 0.3) is 0 Å². The molecule has 0 amide bonds. The van der Waals surface area contributed by atoms with Crippen molar-refractivity contribution in [3.8, 4) is 11.5 Å². The zero-order valence-electron chi connectivity index (χ0n) is 11.6. The molecule has 3 nitrogen and oxygen atoms in total. The minimum Gasteiger partial charge on any atom is -0.490 e. The van der Waals surface area contributed by atoms with Gasteiger partial charge in [0, 0.05) is 6.08 Å². The summed E-state index contributed by atoms with van der Waals surface area (Å²) in [5, 5.41) is 0. The first kappa shape index (κ1) is 15.3. The Bertz CT molecular complexity index is 399. The Hall–Kier alpha value is -1.77. The number of unbranched alkanes of at least 4 members (excludes halogenated alkanes) is 4. The standard InChI is InChI=1S/C16H22O3/c1-3-5-6-7-10-13-18-14-11-8-9-12-15(14)19-16(17)4-2/h4,8-9,11-12H,2-3,5-7,10,13H2,1H3. The molecule has 104 valence electrons. The zero-order chi connectivity index (χ0) is 13.9. The van der Waals surface area contributed by atoms with Crippen molar-refractivity contribution in [2.75, 3.05) is 6.61 Å². The van der Waals surface area contributed by atoms with Crippen molar-refractivity contribution in [3.63, 3.8) is 0 Å². The SMILES string of the molecule is C=CC(=O)Oc1ccccc1OCCCCCCC. The molecule has 0 N–H and O–H groups in total. The van der Waals surface area contributed by atoms with E-state index in [4.69, 9.17) is 9.47 Å². The molecular formula is C16H22O3. The lowest BCUT2D eigenvalue weighted by atomic mass is 10.2. The maximum absolute atomic E-state index is 11.2. The summed E-state index contributed by atoms with van der Waals surface area (Å²) in [7, 11) is 0. The highest BCUT2D eigenvalue weighted by Gasteiger charge is 2.06. The van der Waals surface area contributed by atoms with E-state index in [1.54, 1.807) is 18.2 Å². The van der Waals surface area contributed by atoms with Crippen molar-refractivity contribution in [1.82, 2.24) is 0 Å². The Morgan fingerprint density at radius 3 is 2.53 bits per heavy atom. The van der Waals surface area contributed by atoms with E-state index < -0.39 is 5.97 Å². The molecule has 0 spiro atoms. The molecule has 0 unspecified atom stereocenters. The summed E-state index contributed by atoms with van der Waals surface area (Å²) in [6.07, 6.45) is 7.08. The molecule has 1 aromatic carbocycles. The van der Waals surface area contributed by atoms with Crippen molar-refractivity contribution in [3.05, 3.63) is 36.9 Å². The third kappa shape index (κ3) is 6.09. The van der Waals surface area contributed by atoms with Crippen LogP contribution in [0.4, 0.5) is 0 Å². The summed E-state index contributed by atoms with van der Waals surface area (Å²) < 4.78 is 10.8. The maximum atomic E-state index is 11.2. The molecule has 1 aromatic rings. The first-order valence-corrected chi connectivity index (χ1v) is 6.84. The molecule has 0 fully saturated rings. The van der Waals surface area contributed by atoms with Crippen LogP contribution in [0.2, 0.25) is 0 Å². The third-order valence-corrected chi connectivity index (χ3v) is 2.73. The van der Waals surface area contributed by atoms with Gasteiger partial charge in [-0.1, -0.05) is 51.3 Å². The molecule has 0 aliphatic heterocycles. The van der Waals surface area contributed by atoms with E-state index in [9.17, 15) is 4.79 Å². The first-order valence-electron chi connectivity index (χ1n) is 6.84. The van der Waals surface area contributed by atoms with Gasteiger partial charge in [-0.2, -0.15) is 0 Å². The van der Waals surface area contributed by atoms with E-state index in [2.05, 4.69) is 13.5 Å². The van der Waals surface area contributed by atoms with Crippen molar-refractivity contribution < 1.29 is 14.3 Å². The van der Waals surface area contributed by atoms with E-state index in [1.807, 2.05) is 6.07 Å². The van der Waals surface area contributed by atoms with Crippen molar-refractivity contribution in [2.24, 2.45) is 0 Å². The Morgan fingerprint density at radius 1 is 1.16 bits per heavy atom. The largest absolute Gasteiger partial charge is 0.490 e.